The molecule has 0 radical (unpaired) electrons. The summed E-state index contributed by atoms with van der Waals surface area (Å²) in [5.41, 5.74) is 5.99. The van der Waals surface area contributed by atoms with Gasteiger partial charge in [0.2, 0.25) is 0 Å². The summed E-state index contributed by atoms with van der Waals surface area (Å²) in [6, 6.07) is 13.9. The summed E-state index contributed by atoms with van der Waals surface area (Å²) in [5.74, 6) is -0.0742. The highest BCUT2D eigenvalue weighted by Gasteiger charge is 2.26. The maximum Gasteiger partial charge on any atom is 0.255 e. The minimum Gasteiger partial charge on any atom is -0.322 e. The van der Waals surface area contributed by atoms with Gasteiger partial charge in [0.25, 0.3) is 5.91 Å². The molecule has 0 unspecified atom stereocenters. The molecule has 0 atom stereocenters. The van der Waals surface area contributed by atoms with E-state index in [1.54, 1.807) is 11.8 Å². The number of nitrogens with zero attached hydrogens (tertiary/aromatic N) is 2. The van der Waals surface area contributed by atoms with Gasteiger partial charge in [-0.1, -0.05) is 41.6 Å². The summed E-state index contributed by atoms with van der Waals surface area (Å²) in [7, 11) is 0. The highest BCUT2D eigenvalue weighted by atomic mass is 32.2. The number of carbonyl (C=O) groups is 1. The molecule has 0 bridgehead atoms. The Morgan fingerprint density at radius 1 is 1.16 bits per heavy atom. The minimum absolute atomic E-state index is 0.0742. The molecule has 25 heavy (non-hydrogen) atoms. The van der Waals surface area contributed by atoms with E-state index in [1.165, 1.54) is 5.70 Å². The number of carbonyl (C=O) groups excluding carboxylic acids is 1. The van der Waals surface area contributed by atoms with Crippen LogP contribution < -0.4 is 5.32 Å². The van der Waals surface area contributed by atoms with Gasteiger partial charge in [-0.15, -0.1) is 0 Å². The van der Waals surface area contributed by atoms with Gasteiger partial charge in [-0.2, -0.15) is 0 Å². The number of amidine groups is 1. The SMILES string of the molecule is Cc1ccc(C(=O)Nc2ccc(C3=CSC4=NCCN34)cc2)c(C)c1. The second-order valence-electron chi connectivity index (χ2n) is 6.29. The van der Waals surface area contributed by atoms with Crippen molar-refractivity contribution in [3.05, 3.63) is 70.1 Å². The minimum atomic E-state index is -0.0742. The van der Waals surface area contributed by atoms with Crippen LogP contribution in [0.15, 0.2) is 52.9 Å². The van der Waals surface area contributed by atoms with Crippen molar-refractivity contribution in [3.8, 4) is 0 Å². The summed E-state index contributed by atoms with van der Waals surface area (Å²) in [6.07, 6.45) is 0. The van der Waals surface area contributed by atoms with Crippen molar-refractivity contribution < 1.29 is 4.79 Å². The molecule has 5 heteroatoms. The number of thioether (sulfide) groups is 1. The second kappa shape index (κ2) is 6.41. The van der Waals surface area contributed by atoms with Crippen molar-refractivity contribution in [1.29, 1.82) is 0 Å². The number of hydrogen-bond acceptors (Lipinski definition) is 4. The summed E-state index contributed by atoms with van der Waals surface area (Å²) >= 11 is 1.67. The van der Waals surface area contributed by atoms with Crippen LogP contribution in [-0.4, -0.2) is 29.1 Å². The summed E-state index contributed by atoms with van der Waals surface area (Å²) in [5, 5.41) is 6.21. The van der Waals surface area contributed by atoms with Gasteiger partial charge < -0.3 is 10.2 Å². The third kappa shape index (κ3) is 3.07. The fraction of sp³-hybridized carbons (Fsp3) is 0.200. The van der Waals surface area contributed by atoms with Gasteiger partial charge in [-0.3, -0.25) is 9.79 Å². The Balaban J connectivity index is 1.49. The van der Waals surface area contributed by atoms with Crippen LogP contribution >= 0.6 is 11.8 Å². The lowest BCUT2D eigenvalue weighted by Gasteiger charge is -2.17. The molecular weight excluding hydrogens is 330 g/mol. The van der Waals surface area contributed by atoms with Crippen LogP contribution in [0.2, 0.25) is 0 Å². The van der Waals surface area contributed by atoms with Gasteiger partial charge in [-0.05, 0) is 43.2 Å². The lowest BCUT2D eigenvalue weighted by molar-refractivity contribution is 0.102. The monoisotopic (exact) mass is 349 g/mol. The van der Waals surface area contributed by atoms with E-state index in [0.29, 0.717) is 5.56 Å². The van der Waals surface area contributed by atoms with E-state index in [2.05, 4.69) is 20.6 Å². The normalized spacial score (nSPS) is 15.7. The molecule has 0 aliphatic carbocycles. The van der Waals surface area contributed by atoms with Crippen molar-refractivity contribution in [1.82, 2.24) is 4.90 Å². The first-order chi connectivity index (χ1) is 12.1. The van der Waals surface area contributed by atoms with E-state index >= 15 is 0 Å². The van der Waals surface area contributed by atoms with Crippen LogP contribution in [0.3, 0.4) is 0 Å². The van der Waals surface area contributed by atoms with Gasteiger partial charge >= 0.3 is 0 Å². The highest BCUT2D eigenvalue weighted by molar-refractivity contribution is 8.16. The number of aryl methyl sites for hydroxylation is 2. The molecule has 0 saturated heterocycles. The standard InChI is InChI=1S/C20H19N3OS/c1-13-3-8-17(14(2)11-13)19(24)22-16-6-4-15(5-7-16)18-12-25-20-21-9-10-23(18)20/h3-8,11-12H,9-10H2,1-2H3,(H,22,24). The van der Waals surface area contributed by atoms with E-state index < -0.39 is 0 Å². The predicted molar refractivity (Wildman–Crippen MR) is 105 cm³/mol. The topological polar surface area (TPSA) is 44.7 Å². The van der Waals surface area contributed by atoms with E-state index in [1.807, 2.05) is 56.3 Å². The van der Waals surface area contributed by atoms with Gasteiger partial charge in [-0.25, -0.2) is 0 Å². The quantitative estimate of drug-likeness (QED) is 0.900. The lowest BCUT2D eigenvalue weighted by atomic mass is 10.0. The van der Waals surface area contributed by atoms with Crippen LogP contribution in [0.5, 0.6) is 0 Å². The number of anilines is 1. The van der Waals surface area contributed by atoms with Gasteiger partial charge in [0, 0.05) is 23.2 Å². The molecule has 4 nitrogen and oxygen atoms in total. The number of nitrogens with one attached hydrogen (secondary N) is 1. The third-order valence-electron chi connectivity index (χ3n) is 4.43. The van der Waals surface area contributed by atoms with Gasteiger partial charge in [0.05, 0.1) is 12.2 Å². The molecule has 0 spiro atoms. The van der Waals surface area contributed by atoms with E-state index in [0.717, 1.165) is 40.6 Å². The van der Waals surface area contributed by atoms with Crippen molar-refractivity contribution >= 4 is 34.2 Å². The second-order valence-corrected chi connectivity index (χ2v) is 7.12. The van der Waals surface area contributed by atoms with Crippen LogP contribution in [0, 0.1) is 13.8 Å². The van der Waals surface area contributed by atoms with E-state index in [-0.39, 0.29) is 5.91 Å². The Hall–Kier alpha value is -2.53. The molecule has 4 rings (SSSR count). The van der Waals surface area contributed by atoms with Crippen LogP contribution in [0.4, 0.5) is 5.69 Å². The number of amides is 1. The van der Waals surface area contributed by atoms with Gasteiger partial charge in [0.15, 0.2) is 5.17 Å². The fourth-order valence-corrected chi connectivity index (χ4v) is 4.10. The molecule has 0 aromatic heterocycles. The summed E-state index contributed by atoms with van der Waals surface area (Å²) in [6.45, 7) is 5.80. The number of aliphatic imine (C=N–C) groups is 1. The highest BCUT2D eigenvalue weighted by Crippen LogP contribution is 2.35. The Kier molecular flexibility index (Phi) is 4.09. The number of fused-ring (bicyclic) bond motifs is 1. The Labute approximate surface area is 151 Å². The molecule has 126 valence electrons. The molecule has 1 amide bonds. The first-order valence-electron chi connectivity index (χ1n) is 8.30. The first kappa shape index (κ1) is 16.0. The fourth-order valence-electron chi connectivity index (χ4n) is 3.14. The predicted octanol–water partition coefficient (Wildman–Crippen LogP) is 4.27. The van der Waals surface area contributed by atoms with Crippen molar-refractivity contribution in [2.75, 3.05) is 18.4 Å². The Morgan fingerprint density at radius 2 is 1.96 bits per heavy atom. The van der Waals surface area contributed by atoms with E-state index in [4.69, 9.17) is 0 Å². The zero-order valence-corrected chi connectivity index (χ0v) is 15.1. The number of benzene rings is 2. The molecule has 0 fully saturated rings. The van der Waals surface area contributed by atoms with Gasteiger partial charge in [0.1, 0.15) is 0 Å². The molecule has 1 N–H and O–H groups in total. The molecule has 0 saturated carbocycles. The van der Waals surface area contributed by atoms with Crippen LogP contribution in [-0.2, 0) is 0 Å². The molecule has 2 aliphatic rings. The average Bonchev–Trinajstić information content (AvgIpc) is 3.19. The lowest BCUT2D eigenvalue weighted by Crippen LogP contribution is -2.19. The number of hydrogen-bond donors (Lipinski definition) is 1. The van der Waals surface area contributed by atoms with E-state index in [9.17, 15) is 4.79 Å². The summed E-state index contributed by atoms with van der Waals surface area (Å²) in [4.78, 5) is 19.2. The average molecular weight is 349 g/mol. The maximum absolute atomic E-state index is 12.5. The maximum atomic E-state index is 12.5. The Bertz CT molecular complexity index is 900. The zero-order valence-electron chi connectivity index (χ0n) is 14.2. The van der Waals surface area contributed by atoms with Crippen LogP contribution in [0.1, 0.15) is 27.0 Å². The molecular formula is C20H19N3OS. The molecule has 2 aromatic rings. The van der Waals surface area contributed by atoms with Crippen molar-refractivity contribution in [3.63, 3.8) is 0 Å². The first-order valence-corrected chi connectivity index (χ1v) is 9.17. The molecule has 2 aliphatic heterocycles. The van der Waals surface area contributed by atoms with Crippen LogP contribution in [0.25, 0.3) is 5.70 Å². The number of rotatable bonds is 3. The largest absolute Gasteiger partial charge is 0.322 e. The third-order valence-corrected chi connectivity index (χ3v) is 5.33. The zero-order chi connectivity index (χ0) is 17.4. The summed E-state index contributed by atoms with van der Waals surface area (Å²) < 4.78 is 0. The van der Waals surface area contributed by atoms with Crippen molar-refractivity contribution in [2.24, 2.45) is 4.99 Å². The Morgan fingerprint density at radius 3 is 2.72 bits per heavy atom. The molecule has 2 heterocycles. The van der Waals surface area contributed by atoms with Crippen molar-refractivity contribution in [2.45, 2.75) is 13.8 Å². The smallest absolute Gasteiger partial charge is 0.255 e. The molecule has 2 aromatic carbocycles.